The van der Waals surface area contributed by atoms with Gasteiger partial charge in [0.25, 0.3) is 0 Å². The van der Waals surface area contributed by atoms with Crippen LogP contribution in [0.2, 0.25) is 10.0 Å². The molecule has 1 aromatic rings. The molecule has 2 rings (SSSR count). The SMILES string of the molecule is OC1CCCN(CCC(O)c2cccc(Cl)c2Cl)C1. The topological polar surface area (TPSA) is 43.7 Å². The van der Waals surface area contributed by atoms with E-state index in [-0.39, 0.29) is 6.10 Å². The van der Waals surface area contributed by atoms with Crippen LogP contribution in [-0.2, 0) is 0 Å². The summed E-state index contributed by atoms with van der Waals surface area (Å²) in [4.78, 5) is 2.18. The van der Waals surface area contributed by atoms with Gasteiger partial charge in [-0.1, -0.05) is 35.3 Å². The van der Waals surface area contributed by atoms with Gasteiger partial charge in [-0.3, -0.25) is 0 Å². The van der Waals surface area contributed by atoms with Crippen molar-refractivity contribution in [3.8, 4) is 0 Å². The average molecular weight is 304 g/mol. The van der Waals surface area contributed by atoms with Crippen LogP contribution >= 0.6 is 23.2 Å². The third-order valence-corrected chi connectivity index (χ3v) is 4.37. The van der Waals surface area contributed by atoms with Gasteiger partial charge in [-0.15, -0.1) is 0 Å². The van der Waals surface area contributed by atoms with E-state index in [1.165, 1.54) is 0 Å². The molecule has 1 saturated heterocycles. The maximum atomic E-state index is 10.2. The van der Waals surface area contributed by atoms with Gasteiger partial charge in [0.05, 0.1) is 22.3 Å². The number of β-amino-alcohol motifs (C(OH)–C–C–N with tert-alkyl or cyclic N) is 1. The number of benzene rings is 1. The number of hydrogen-bond acceptors (Lipinski definition) is 3. The van der Waals surface area contributed by atoms with E-state index in [0.29, 0.717) is 28.6 Å². The fraction of sp³-hybridized carbons (Fsp3) is 0.571. The van der Waals surface area contributed by atoms with Crippen LogP contribution in [0.15, 0.2) is 18.2 Å². The van der Waals surface area contributed by atoms with Crippen molar-refractivity contribution in [2.75, 3.05) is 19.6 Å². The predicted molar refractivity (Wildman–Crippen MR) is 77.7 cm³/mol. The van der Waals surface area contributed by atoms with E-state index < -0.39 is 6.10 Å². The van der Waals surface area contributed by atoms with Gasteiger partial charge in [0, 0.05) is 18.7 Å². The summed E-state index contributed by atoms with van der Waals surface area (Å²) in [6.07, 6.45) is 1.62. The lowest BCUT2D eigenvalue weighted by Gasteiger charge is -2.30. The average Bonchev–Trinajstić information content (AvgIpc) is 2.39. The summed E-state index contributed by atoms with van der Waals surface area (Å²) in [5.41, 5.74) is 0.673. The van der Waals surface area contributed by atoms with Crippen molar-refractivity contribution in [3.05, 3.63) is 33.8 Å². The molecule has 0 amide bonds. The van der Waals surface area contributed by atoms with E-state index >= 15 is 0 Å². The van der Waals surface area contributed by atoms with Crippen molar-refractivity contribution in [2.24, 2.45) is 0 Å². The molecule has 1 aromatic carbocycles. The molecule has 2 unspecified atom stereocenters. The first-order valence-corrected chi connectivity index (χ1v) is 7.36. The first-order chi connectivity index (χ1) is 9.08. The maximum absolute atomic E-state index is 10.2. The van der Waals surface area contributed by atoms with E-state index in [1.807, 2.05) is 0 Å². The normalized spacial score (nSPS) is 22.4. The lowest BCUT2D eigenvalue weighted by Crippen LogP contribution is -2.39. The van der Waals surface area contributed by atoms with E-state index in [4.69, 9.17) is 23.2 Å². The molecular weight excluding hydrogens is 285 g/mol. The Hall–Kier alpha value is -0.320. The molecule has 3 nitrogen and oxygen atoms in total. The fourth-order valence-electron chi connectivity index (χ4n) is 2.47. The van der Waals surface area contributed by atoms with E-state index in [0.717, 1.165) is 25.9 Å². The lowest BCUT2D eigenvalue weighted by molar-refractivity contribution is 0.0590. The molecule has 5 heteroatoms. The van der Waals surface area contributed by atoms with Crippen molar-refractivity contribution in [3.63, 3.8) is 0 Å². The molecule has 106 valence electrons. The molecule has 2 N–H and O–H groups in total. The highest BCUT2D eigenvalue weighted by Crippen LogP contribution is 2.31. The van der Waals surface area contributed by atoms with Gasteiger partial charge in [-0.25, -0.2) is 0 Å². The minimum absolute atomic E-state index is 0.236. The Morgan fingerprint density at radius 2 is 2.16 bits per heavy atom. The van der Waals surface area contributed by atoms with Crippen LogP contribution in [0.3, 0.4) is 0 Å². The standard InChI is InChI=1S/C14H19Cl2NO2/c15-12-5-1-4-11(14(12)16)13(19)6-8-17-7-2-3-10(18)9-17/h1,4-5,10,13,18-19H,2-3,6-9H2. The van der Waals surface area contributed by atoms with Gasteiger partial charge < -0.3 is 15.1 Å². The highest BCUT2D eigenvalue weighted by Gasteiger charge is 2.19. The fourth-order valence-corrected chi connectivity index (χ4v) is 2.91. The quantitative estimate of drug-likeness (QED) is 0.899. The van der Waals surface area contributed by atoms with Crippen LogP contribution in [0, 0.1) is 0 Å². The van der Waals surface area contributed by atoms with Crippen molar-refractivity contribution in [1.29, 1.82) is 0 Å². The molecule has 0 aromatic heterocycles. The third-order valence-electron chi connectivity index (χ3n) is 3.54. The first-order valence-electron chi connectivity index (χ1n) is 6.60. The van der Waals surface area contributed by atoms with Gasteiger partial charge in [-0.05, 0) is 31.9 Å². The number of aliphatic hydroxyl groups is 2. The van der Waals surface area contributed by atoms with Crippen LogP contribution < -0.4 is 0 Å². The number of rotatable bonds is 4. The van der Waals surface area contributed by atoms with Crippen LogP contribution in [0.5, 0.6) is 0 Å². The molecule has 1 fully saturated rings. The Morgan fingerprint density at radius 1 is 1.37 bits per heavy atom. The van der Waals surface area contributed by atoms with Crippen molar-refractivity contribution >= 4 is 23.2 Å². The van der Waals surface area contributed by atoms with Gasteiger partial charge in [0.1, 0.15) is 0 Å². The van der Waals surface area contributed by atoms with Crippen molar-refractivity contribution in [2.45, 2.75) is 31.5 Å². The molecule has 1 aliphatic rings. The molecule has 0 radical (unpaired) electrons. The van der Waals surface area contributed by atoms with E-state index in [9.17, 15) is 10.2 Å². The molecule has 0 spiro atoms. The van der Waals surface area contributed by atoms with Crippen LogP contribution in [0.1, 0.15) is 30.9 Å². The monoisotopic (exact) mass is 303 g/mol. The molecule has 2 atom stereocenters. The molecule has 1 heterocycles. The van der Waals surface area contributed by atoms with Gasteiger partial charge in [0.15, 0.2) is 0 Å². The summed E-state index contributed by atoms with van der Waals surface area (Å²) in [5.74, 6) is 0. The van der Waals surface area contributed by atoms with Gasteiger partial charge in [0.2, 0.25) is 0 Å². The van der Waals surface area contributed by atoms with Crippen LogP contribution in [-0.4, -0.2) is 40.9 Å². The second kappa shape index (κ2) is 6.91. The number of likely N-dealkylation sites (tertiary alicyclic amines) is 1. The Kier molecular flexibility index (Phi) is 5.48. The largest absolute Gasteiger partial charge is 0.392 e. The van der Waals surface area contributed by atoms with Gasteiger partial charge >= 0.3 is 0 Å². The smallest absolute Gasteiger partial charge is 0.0817 e. The predicted octanol–water partition coefficient (Wildman–Crippen LogP) is 2.87. The van der Waals surface area contributed by atoms with Crippen LogP contribution in [0.25, 0.3) is 0 Å². The molecule has 0 aliphatic carbocycles. The van der Waals surface area contributed by atoms with Gasteiger partial charge in [-0.2, -0.15) is 0 Å². The highest BCUT2D eigenvalue weighted by molar-refractivity contribution is 6.42. The van der Waals surface area contributed by atoms with E-state index in [2.05, 4.69) is 4.90 Å². The van der Waals surface area contributed by atoms with E-state index in [1.54, 1.807) is 18.2 Å². The van der Waals surface area contributed by atoms with Crippen molar-refractivity contribution in [1.82, 2.24) is 4.90 Å². The summed E-state index contributed by atoms with van der Waals surface area (Å²) in [7, 11) is 0. The number of aliphatic hydroxyl groups excluding tert-OH is 2. The summed E-state index contributed by atoms with van der Waals surface area (Å²) < 4.78 is 0. The third kappa shape index (κ3) is 4.07. The molecule has 0 saturated carbocycles. The zero-order chi connectivity index (χ0) is 13.8. The Balaban J connectivity index is 1.90. The second-order valence-corrected chi connectivity index (χ2v) is 5.83. The minimum atomic E-state index is -0.620. The molecule has 1 aliphatic heterocycles. The number of nitrogens with zero attached hydrogens (tertiary/aromatic N) is 1. The molecule has 0 bridgehead atoms. The minimum Gasteiger partial charge on any atom is -0.392 e. The maximum Gasteiger partial charge on any atom is 0.0817 e. The summed E-state index contributed by atoms with van der Waals surface area (Å²) >= 11 is 12.0. The zero-order valence-corrected chi connectivity index (χ0v) is 12.2. The highest BCUT2D eigenvalue weighted by atomic mass is 35.5. The molecule has 19 heavy (non-hydrogen) atoms. The number of halogens is 2. The number of hydrogen-bond donors (Lipinski definition) is 2. The van der Waals surface area contributed by atoms with Crippen molar-refractivity contribution < 1.29 is 10.2 Å². The molecular formula is C14H19Cl2NO2. The zero-order valence-electron chi connectivity index (χ0n) is 10.7. The number of piperidine rings is 1. The first kappa shape index (κ1) is 15.1. The van der Waals surface area contributed by atoms with Crippen LogP contribution in [0.4, 0.5) is 0 Å². The Bertz CT molecular complexity index is 428. The Morgan fingerprint density at radius 3 is 2.89 bits per heavy atom. The lowest BCUT2D eigenvalue weighted by atomic mass is 10.0. The Labute approximate surface area is 123 Å². The summed E-state index contributed by atoms with van der Waals surface area (Å²) in [6, 6.07) is 5.29. The summed E-state index contributed by atoms with van der Waals surface area (Å²) in [5, 5.41) is 20.7. The second-order valence-electron chi connectivity index (χ2n) is 5.04. The summed E-state index contributed by atoms with van der Waals surface area (Å²) in [6.45, 7) is 2.42.